The van der Waals surface area contributed by atoms with Crippen LogP contribution < -0.4 is 0 Å². The molecule has 0 aromatic rings. The summed E-state index contributed by atoms with van der Waals surface area (Å²) in [4.78, 5) is 13.7. The molecular weight excluding hydrogens is 384 g/mol. The first-order valence-electron chi connectivity index (χ1n) is 12.9. The molecule has 3 fully saturated rings. The van der Waals surface area contributed by atoms with Crippen molar-refractivity contribution in [2.24, 2.45) is 40.4 Å². The number of fused-ring (bicyclic) bond motifs is 3. The molecule has 3 heteroatoms. The van der Waals surface area contributed by atoms with E-state index < -0.39 is 5.60 Å². The Morgan fingerprint density at radius 2 is 1.81 bits per heavy atom. The predicted octanol–water partition coefficient (Wildman–Crippen LogP) is 5.87. The summed E-state index contributed by atoms with van der Waals surface area (Å²) in [5.74, 6) is 3.13. The van der Waals surface area contributed by atoms with Crippen molar-refractivity contribution in [2.45, 2.75) is 104 Å². The molecule has 5 rings (SSSR count). The lowest BCUT2D eigenvalue weighted by Crippen LogP contribution is -2.53. The van der Waals surface area contributed by atoms with Gasteiger partial charge in [-0.3, -0.25) is 4.79 Å². The number of aliphatic hydroxyl groups excluding tert-OH is 1. The molecule has 2 saturated carbocycles. The maximum Gasteiger partial charge on any atom is 0.190 e. The van der Waals surface area contributed by atoms with Crippen LogP contribution in [0.4, 0.5) is 0 Å². The molecular formula is C28H42O3. The Kier molecular flexibility index (Phi) is 4.97. The molecule has 0 bridgehead atoms. The molecule has 4 aliphatic carbocycles. The summed E-state index contributed by atoms with van der Waals surface area (Å²) in [6, 6.07) is 0. The van der Waals surface area contributed by atoms with Crippen LogP contribution in [-0.2, 0) is 9.53 Å². The third-order valence-corrected chi connectivity index (χ3v) is 10.7. The molecule has 1 N–H and O–H groups in total. The number of ketones is 1. The van der Waals surface area contributed by atoms with E-state index >= 15 is 0 Å². The second-order valence-electron chi connectivity index (χ2n) is 12.5. The number of ether oxygens (including phenoxy) is 1. The lowest BCUT2D eigenvalue weighted by molar-refractivity contribution is -0.119. The molecule has 1 aliphatic heterocycles. The van der Waals surface area contributed by atoms with Gasteiger partial charge in [-0.2, -0.15) is 0 Å². The predicted molar refractivity (Wildman–Crippen MR) is 123 cm³/mol. The van der Waals surface area contributed by atoms with Crippen LogP contribution in [0.25, 0.3) is 0 Å². The van der Waals surface area contributed by atoms with E-state index in [1.54, 1.807) is 0 Å². The fourth-order valence-electron chi connectivity index (χ4n) is 8.21. The summed E-state index contributed by atoms with van der Waals surface area (Å²) in [7, 11) is 0. The summed E-state index contributed by atoms with van der Waals surface area (Å²) in [5.41, 5.74) is 2.32. The number of hydrogen-bond acceptors (Lipinski definition) is 3. The molecule has 0 radical (unpaired) electrons. The van der Waals surface area contributed by atoms with Crippen molar-refractivity contribution in [2.75, 3.05) is 0 Å². The number of Topliss-reactive ketones (excluding diaryl/α,β-unsaturated/α-hetero) is 1. The standard InChI is InChI=1S/C28H42O3/c1-16(2)17(3)7-8-18(4)20-9-10-21-23-22(12-13-26(20,21)5)27(6)14-11-19(29)15-28(27)25(31-28)24(23)30/h7-8,16-21,25,29H,9-15H2,1-6H3/b8-7+/t17?,18?,19-,20+,21-,25-,26+,27+,28-/m0/s1. The van der Waals surface area contributed by atoms with E-state index in [2.05, 4.69) is 53.7 Å². The lowest BCUT2D eigenvalue weighted by Gasteiger charge is -2.52. The van der Waals surface area contributed by atoms with E-state index in [0.29, 0.717) is 36.0 Å². The second-order valence-corrected chi connectivity index (χ2v) is 12.5. The zero-order chi connectivity index (χ0) is 22.3. The van der Waals surface area contributed by atoms with Crippen molar-refractivity contribution in [3.05, 3.63) is 23.3 Å². The van der Waals surface area contributed by atoms with E-state index in [9.17, 15) is 9.90 Å². The molecule has 3 nitrogen and oxygen atoms in total. The average molecular weight is 427 g/mol. The summed E-state index contributed by atoms with van der Waals surface area (Å²) >= 11 is 0. The van der Waals surface area contributed by atoms with Crippen LogP contribution in [0.15, 0.2) is 23.3 Å². The second kappa shape index (κ2) is 7.03. The molecule has 5 aliphatic rings. The molecule has 1 heterocycles. The molecule has 0 aromatic heterocycles. The Hall–Kier alpha value is -0.930. The Labute approximate surface area is 188 Å². The number of carbonyl (C=O) groups is 1. The van der Waals surface area contributed by atoms with Gasteiger partial charge in [0.05, 0.1) is 6.10 Å². The van der Waals surface area contributed by atoms with Crippen LogP contribution in [0.3, 0.4) is 0 Å². The first-order valence-corrected chi connectivity index (χ1v) is 12.9. The topological polar surface area (TPSA) is 49.8 Å². The van der Waals surface area contributed by atoms with E-state index in [4.69, 9.17) is 4.74 Å². The number of allylic oxidation sites excluding steroid dienone is 2. The van der Waals surface area contributed by atoms with Crippen LogP contribution in [0, 0.1) is 40.4 Å². The van der Waals surface area contributed by atoms with E-state index in [1.807, 2.05) is 0 Å². The highest BCUT2D eigenvalue weighted by Gasteiger charge is 2.76. The van der Waals surface area contributed by atoms with Gasteiger partial charge in [-0.05, 0) is 73.5 Å². The minimum Gasteiger partial charge on any atom is -0.393 e. The van der Waals surface area contributed by atoms with Gasteiger partial charge in [0.2, 0.25) is 0 Å². The Morgan fingerprint density at radius 3 is 2.52 bits per heavy atom. The minimum atomic E-state index is -0.407. The van der Waals surface area contributed by atoms with Crippen molar-refractivity contribution in [1.82, 2.24) is 0 Å². The SMILES string of the molecule is CC(C)C(C)/C=C/C(C)[C@H]1CC[C@H]2C3=C(CC[C@]12C)[C@@]1(C)CC[C@H](O)C[C@@]12O[C@H]2C3=O. The smallest absolute Gasteiger partial charge is 0.190 e. The Morgan fingerprint density at radius 1 is 1.06 bits per heavy atom. The largest absolute Gasteiger partial charge is 0.393 e. The van der Waals surface area contributed by atoms with Gasteiger partial charge in [-0.15, -0.1) is 0 Å². The molecule has 9 atom stereocenters. The van der Waals surface area contributed by atoms with Crippen molar-refractivity contribution in [3.63, 3.8) is 0 Å². The van der Waals surface area contributed by atoms with Crippen molar-refractivity contribution >= 4 is 5.78 Å². The molecule has 172 valence electrons. The average Bonchev–Trinajstić information content (AvgIpc) is 3.34. The molecule has 1 saturated heterocycles. The number of carbonyl (C=O) groups excluding carboxylic acids is 1. The number of hydrogen-bond donors (Lipinski definition) is 1. The Balaban J connectivity index is 1.46. The van der Waals surface area contributed by atoms with E-state index in [1.165, 1.54) is 24.0 Å². The lowest BCUT2D eigenvalue weighted by atomic mass is 9.50. The molecule has 1 spiro atoms. The third kappa shape index (κ3) is 2.88. The zero-order valence-corrected chi connectivity index (χ0v) is 20.4. The molecule has 0 amide bonds. The van der Waals surface area contributed by atoms with Crippen molar-refractivity contribution in [1.29, 1.82) is 0 Å². The number of rotatable bonds is 4. The zero-order valence-electron chi connectivity index (χ0n) is 20.4. The van der Waals surface area contributed by atoms with Crippen LogP contribution in [0.1, 0.15) is 86.5 Å². The molecule has 2 unspecified atom stereocenters. The van der Waals surface area contributed by atoms with Gasteiger partial charge < -0.3 is 9.84 Å². The van der Waals surface area contributed by atoms with Crippen LogP contribution in [0.2, 0.25) is 0 Å². The van der Waals surface area contributed by atoms with Gasteiger partial charge in [0.25, 0.3) is 0 Å². The fraction of sp³-hybridized carbons (Fsp3) is 0.821. The summed E-state index contributed by atoms with van der Waals surface area (Å²) in [6.45, 7) is 14.1. The molecule has 31 heavy (non-hydrogen) atoms. The van der Waals surface area contributed by atoms with E-state index in [0.717, 1.165) is 25.7 Å². The van der Waals surface area contributed by atoms with Gasteiger partial charge >= 0.3 is 0 Å². The summed E-state index contributed by atoms with van der Waals surface area (Å²) < 4.78 is 6.23. The van der Waals surface area contributed by atoms with Gasteiger partial charge in [-0.25, -0.2) is 0 Å². The monoisotopic (exact) mass is 426 g/mol. The Bertz CT molecular complexity index is 839. The first kappa shape index (κ1) is 21.9. The normalized spacial score (nSPS) is 48.3. The number of epoxide rings is 1. The minimum absolute atomic E-state index is 0.0578. The molecule has 0 aromatic carbocycles. The highest BCUT2D eigenvalue weighted by atomic mass is 16.6. The fourth-order valence-corrected chi connectivity index (χ4v) is 8.21. The van der Waals surface area contributed by atoms with Crippen LogP contribution in [0.5, 0.6) is 0 Å². The summed E-state index contributed by atoms with van der Waals surface area (Å²) in [5, 5.41) is 10.3. The first-order chi connectivity index (χ1) is 14.5. The number of aliphatic hydroxyl groups is 1. The maximum absolute atomic E-state index is 13.7. The van der Waals surface area contributed by atoms with Crippen LogP contribution in [-0.4, -0.2) is 28.7 Å². The van der Waals surface area contributed by atoms with Crippen LogP contribution >= 0.6 is 0 Å². The van der Waals surface area contributed by atoms with Crippen molar-refractivity contribution in [3.8, 4) is 0 Å². The summed E-state index contributed by atoms with van der Waals surface area (Å²) in [6.07, 6.45) is 11.3. The quantitative estimate of drug-likeness (QED) is 0.452. The third-order valence-electron chi connectivity index (χ3n) is 10.7. The highest BCUT2D eigenvalue weighted by molar-refractivity contribution is 6.05. The van der Waals surface area contributed by atoms with Gasteiger partial charge in [0.15, 0.2) is 11.9 Å². The van der Waals surface area contributed by atoms with E-state index in [-0.39, 0.29) is 28.8 Å². The maximum atomic E-state index is 13.7. The van der Waals surface area contributed by atoms with Gasteiger partial charge in [0.1, 0.15) is 5.60 Å². The van der Waals surface area contributed by atoms with Crippen molar-refractivity contribution < 1.29 is 14.6 Å². The highest BCUT2D eigenvalue weighted by Crippen LogP contribution is 2.71. The van der Waals surface area contributed by atoms with Gasteiger partial charge in [-0.1, -0.05) is 59.3 Å². The van der Waals surface area contributed by atoms with Gasteiger partial charge in [0, 0.05) is 17.4 Å².